The van der Waals surface area contributed by atoms with Gasteiger partial charge in [0.15, 0.2) is 0 Å². The molecule has 0 unspecified atom stereocenters. The zero-order valence-electron chi connectivity index (χ0n) is 15.0. The molecule has 0 saturated heterocycles. The van der Waals surface area contributed by atoms with E-state index in [2.05, 4.69) is 10.6 Å². The van der Waals surface area contributed by atoms with Gasteiger partial charge in [0, 0.05) is 24.9 Å². The maximum atomic E-state index is 11.4. The van der Waals surface area contributed by atoms with Gasteiger partial charge < -0.3 is 10.6 Å². The minimum atomic E-state index is 0.176. The van der Waals surface area contributed by atoms with E-state index in [1.165, 1.54) is 25.7 Å². The highest BCUT2D eigenvalue weighted by atomic mass is 16.2. The monoisotopic (exact) mass is 312 g/mol. The first-order valence-electron chi connectivity index (χ1n) is 9.00. The maximum Gasteiger partial charge on any atom is 0.220 e. The predicted octanol–water partition coefficient (Wildman–Crippen LogP) is 3.94. The molecule has 2 amide bonds. The molecule has 0 aliphatic heterocycles. The van der Waals surface area contributed by atoms with E-state index in [9.17, 15) is 9.59 Å². The second kappa shape index (κ2) is 13.6. The van der Waals surface area contributed by atoms with Gasteiger partial charge in [-0.05, 0) is 40.5 Å². The Morgan fingerprint density at radius 1 is 0.591 bits per heavy atom. The third kappa shape index (κ3) is 15.3. The molecule has 4 heteroatoms. The summed E-state index contributed by atoms with van der Waals surface area (Å²) >= 11 is 0. The fraction of sp³-hybridized carbons (Fsp3) is 0.889. The van der Waals surface area contributed by atoms with Crippen LogP contribution in [0.1, 0.15) is 91.9 Å². The van der Waals surface area contributed by atoms with Crippen LogP contribution in [0.3, 0.4) is 0 Å². The maximum absolute atomic E-state index is 11.4. The Morgan fingerprint density at radius 3 is 1.14 bits per heavy atom. The van der Waals surface area contributed by atoms with Crippen LogP contribution in [0.5, 0.6) is 0 Å². The van der Waals surface area contributed by atoms with Crippen LogP contribution in [0.4, 0.5) is 0 Å². The molecule has 4 nitrogen and oxygen atoms in total. The third-order valence-corrected chi connectivity index (χ3v) is 3.46. The van der Waals surface area contributed by atoms with Gasteiger partial charge in [-0.1, -0.05) is 38.5 Å². The molecule has 0 aliphatic rings. The van der Waals surface area contributed by atoms with Crippen molar-refractivity contribution >= 4 is 11.8 Å². The molecule has 0 heterocycles. The summed E-state index contributed by atoms with van der Waals surface area (Å²) in [5.74, 6) is 0.351. The van der Waals surface area contributed by atoms with E-state index >= 15 is 0 Å². The van der Waals surface area contributed by atoms with Crippen LogP contribution in [0.25, 0.3) is 0 Å². The Bertz CT molecular complexity index is 271. The lowest BCUT2D eigenvalue weighted by atomic mass is 10.1. The zero-order valence-corrected chi connectivity index (χ0v) is 15.0. The lowest BCUT2D eigenvalue weighted by molar-refractivity contribution is -0.122. The van der Waals surface area contributed by atoms with Crippen LogP contribution in [-0.4, -0.2) is 23.9 Å². The van der Waals surface area contributed by atoms with Crippen LogP contribution in [0.2, 0.25) is 0 Å². The normalized spacial score (nSPS) is 11.0. The summed E-state index contributed by atoms with van der Waals surface area (Å²) in [5, 5.41) is 5.83. The first-order valence-corrected chi connectivity index (χ1v) is 9.00. The summed E-state index contributed by atoms with van der Waals surface area (Å²) in [7, 11) is 0. The fourth-order valence-corrected chi connectivity index (χ4v) is 2.42. The summed E-state index contributed by atoms with van der Waals surface area (Å²) in [6, 6.07) is 0.491. The van der Waals surface area contributed by atoms with E-state index in [1.54, 1.807) is 0 Å². The SMILES string of the molecule is CC(C)NC(=O)CCCCCCCCCCC(=O)NC(C)C. The number of amides is 2. The number of hydrogen-bond donors (Lipinski definition) is 2. The Labute approximate surface area is 136 Å². The van der Waals surface area contributed by atoms with Gasteiger partial charge in [0.2, 0.25) is 11.8 Å². The number of carbonyl (C=O) groups is 2. The van der Waals surface area contributed by atoms with Crippen molar-refractivity contribution in [3.8, 4) is 0 Å². The van der Waals surface area contributed by atoms with Gasteiger partial charge in [-0.3, -0.25) is 9.59 Å². The predicted molar refractivity (Wildman–Crippen MR) is 92.7 cm³/mol. The van der Waals surface area contributed by atoms with Gasteiger partial charge in [0.05, 0.1) is 0 Å². The number of rotatable bonds is 13. The molecule has 0 fully saturated rings. The molecule has 0 aromatic carbocycles. The van der Waals surface area contributed by atoms with Gasteiger partial charge in [-0.25, -0.2) is 0 Å². The zero-order chi connectivity index (χ0) is 16.8. The van der Waals surface area contributed by atoms with Crippen molar-refractivity contribution in [2.24, 2.45) is 0 Å². The summed E-state index contributed by atoms with van der Waals surface area (Å²) in [6.45, 7) is 7.96. The summed E-state index contributed by atoms with van der Waals surface area (Å²) in [4.78, 5) is 22.9. The summed E-state index contributed by atoms with van der Waals surface area (Å²) in [6.07, 6.45) is 10.5. The lowest BCUT2D eigenvalue weighted by Crippen LogP contribution is -2.29. The number of unbranched alkanes of at least 4 members (excludes halogenated alkanes) is 7. The first kappa shape index (κ1) is 20.9. The van der Waals surface area contributed by atoms with E-state index in [4.69, 9.17) is 0 Å². The van der Waals surface area contributed by atoms with Crippen LogP contribution in [0.15, 0.2) is 0 Å². The molecule has 0 rings (SSSR count). The Hall–Kier alpha value is -1.06. The van der Waals surface area contributed by atoms with E-state index in [1.807, 2.05) is 27.7 Å². The Balaban J connectivity index is 3.24. The van der Waals surface area contributed by atoms with E-state index < -0.39 is 0 Å². The molecular weight excluding hydrogens is 276 g/mol. The smallest absolute Gasteiger partial charge is 0.220 e. The van der Waals surface area contributed by atoms with Crippen LogP contribution >= 0.6 is 0 Å². The largest absolute Gasteiger partial charge is 0.354 e. The minimum absolute atomic E-state index is 0.176. The van der Waals surface area contributed by atoms with Crippen LogP contribution in [-0.2, 0) is 9.59 Å². The second-order valence-corrected chi connectivity index (χ2v) is 6.77. The molecule has 0 aromatic rings. The molecule has 0 spiro atoms. The van der Waals surface area contributed by atoms with E-state index in [0.29, 0.717) is 12.8 Å². The van der Waals surface area contributed by atoms with Gasteiger partial charge >= 0.3 is 0 Å². The molecule has 0 atom stereocenters. The third-order valence-electron chi connectivity index (χ3n) is 3.46. The fourth-order valence-electron chi connectivity index (χ4n) is 2.42. The molecule has 0 bridgehead atoms. The standard InChI is InChI=1S/C18H36N2O2/c1-15(2)19-17(21)13-11-9-7-5-6-8-10-12-14-18(22)20-16(3)4/h15-16H,5-14H2,1-4H3,(H,19,21)(H,20,22). The first-order chi connectivity index (χ1) is 10.4. The Kier molecular flexibility index (Phi) is 12.9. The highest BCUT2D eigenvalue weighted by Gasteiger charge is 2.03. The second-order valence-electron chi connectivity index (χ2n) is 6.77. The van der Waals surface area contributed by atoms with Crippen molar-refractivity contribution in [2.45, 2.75) is 104 Å². The average Bonchev–Trinajstić information content (AvgIpc) is 2.39. The Morgan fingerprint density at radius 2 is 0.864 bits per heavy atom. The van der Waals surface area contributed by atoms with E-state index in [0.717, 1.165) is 25.7 Å². The molecule has 0 aromatic heterocycles. The number of nitrogens with one attached hydrogen (secondary N) is 2. The van der Waals surface area contributed by atoms with Crippen molar-refractivity contribution in [1.82, 2.24) is 10.6 Å². The van der Waals surface area contributed by atoms with E-state index in [-0.39, 0.29) is 23.9 Å². The quantitative estimate of drug-likeness (QED) is 0.506. The lowest BCUT2D eigenvalue weighted by Gasteiger charge is -2.08. The molecular formula is C18H36N2O2. The van der Waals surface area contributed by atoms with Crippen molar-refractivity contribution < 1.29 is 9.59 Å². The van der Waals surface area contributed by atoms with Gasteiger partial charge in [0.25, 0.3) is 0 Å². The number of hydrogen-bond acceptors (Lipinski definition) is 2. The molecule has 130 valence electrons. The minimum Gasteiger partial charge on any atom is -0.354 e. The van der Waals surface area contributed by atoms with Crippen LogP contribution in [0, 0.1) is 0 Å². The van der Waals surface area contributed by atoms with Crippen LogP contribution < -0.4 is 10.6 Å². The van der Waals surface area contributed by atoms with Gasteiger partial charge in [-0.2, -0.15) is 0 Å². The topological polar surface area (TPSA) is 58.2 Å². The van der Waals surface area contributed by atoms with Crippen molar-refractivity contribution in [2.75, 3.05) is 0 Å². The molecule has 22 heavy (non-hydrogen) atoms. The van der Waals surface area contributed by atoms with Crippen molar-refractivity contribution in [3.05, 3.63) is 0 Å². The molecule has 0 saturated carbocycles. The van der Waals surface area contributed by atoms with Gasteiger partial charge in [0.1, 0.15) is 0 Å². The number of carbonyl (C=O) groups excluding carboxylic acids is 2. The summed E-state index contributed by atoms with van der Waals surface area (Å²) in [5.41, 5.74) is 0. The molecule has 0 radical (unpaired) electrons. The van der Waals surface area contributed by atoms with Crippen molar-refractivity contribution in [1.29, 1.82) is 0 Å². The van der Waals surface area contributed by atoms with Gasteiger partial charge in [-0.15, -0.1) is 0 Å². The highest BCUT2D eigenvalue weighted by molar-refractivity contribution is 5.76. The molecule has 2 N–H and O–H groups in total. The molecule has 0 aliphatic carbocycles. The average molecular weight is 312 g/mol. The highest BCUT2D eigenvalue weighted by Crippen LogP contribution is 2.10. The van der Waals surface area contributed by atoms with Crippen molar-refractivity contribution in [3.63, 3.8) is 0 Å². The summed E-state index contributed by atoms with van der Waals surface area (Å²) < 4.78 is 0.